The van der Waals surface area contributed by atoms with Gasteiger partial charge >= 0.3 is 0 Å². The van der Waals surface area contributed by atoms with Gasteiger partial charge in [0.15, 0.2) is 0 Å². The van der Waals surface area contributed by atoms with Gasteiger partial charge in [0.1, 0.15) is 5.78 Å². The Bertz CT molecular complexity index is 468. The number of pyridine rings is 1. The predicted molar refractivity (Wildman–Crippen MR) is 64.6 cm³/mol. The van der Waals surface area contributed by atoms with Gasteiger partial charge in [0.25, 0.3) is 0 Å². The van der Waals surface area contributed by atoms with Gasteiger partial charge in [-0.3, -0.25) is 4.79 Å². The number of aromatic nitrogens is 1. The monoisotopic (exact) mass is 216 g/mol. The number of Topliss-reactive ketones (excluding diaryl/α,β-unsaturated/α-hetero) is 1. The molecule has 1 N–H and O–H groups in total. The highest BCUT2D eigenvalue weighted by atomic mass is 16.1. The van der Waals surface area contributed by atoms with Crippen LogP contribution in [-0.4, -0.2) is 23.3 Å². The SMILES string of the molecule is CNC(Cc1cc2ccccn2c1)C(C)=O. The molecule has 2 heterocycles. The van der Waals surface area contributed by atoms with Crippen molar-refractivity contribution in [2.24, 2.45) is 0 Å². The highest BCUT2D eigenvalue weighted by Crippen LogP contribution is 2.11. The number of hydrogen-bond donors (Lipinski definition) is 1. The summed E-state index contributed by atoms with van der Waals surface area (Å²) in [7, 11) is 1.82. The van der Waals surface area contributed by atoms with E-state index in [1.807, 2.05) is 25.4 Å². The first-order chi connectivity index (χ1) is 7.70. The number of carbonyl (C=O) groups is 1. The number of likely N-dealkylation sites (N-methyl/N-ethyl adjacent to an activating group) is 1. The maximum absolute atomic E-state index is 11.3. The Balaban J connectivity index is 2.24. The second-order valence-corrected chi connectivity index (χ2v) is 4.04. The lowest BCUT2D eigenvalue weighted by molar-refractivity contribution is -0.118. The van der Waals surface area contributed by atoms with E-state index in [1.54, 1.807) is 6.92 Å². The van der Waals surface area contributed by atoms with Crippen molar-refractivity contribution in [3.8, 4) is 0 Å². The highest BCUT2D eigenvalue weighted by Gasteiger charge is 2.12. The molecule has 3 heteroatoms. The minimum atomic E-state index is -0.0857. The largest absolute Gasteiger partial charge is 0.324 e. The van der Waals surface area contributed by atoms with Crippen LogP contribution in [0.25, 0.3) is 5.52 Å². The van der Waals surface area contributed by atoms with E-state index in [9.17, 15) is 4.79 Å². The molecule has 0 radical (unpaired) electrons. The van der Waals surface area contributed by atoms with Crippen molar-refractivity contribution in [2.75, 3.05) is 7.05 Å². The molecule has 1 atom stereocenters. The van der Waals surface area contributed by atoms with E-state index in [0.29, 0.717) is 0 Å². The summed E-state index contributed by atoms with van der Waals surface area (Å²) in [6, 6.07) is 8.10. The maximum atomic E-state index is 11.3. The van der Waals surface area contributed by atoms with E-state index in [4.69, 9.17) is 0 Å². The minimum absolute atomic E-state index is 0.0857. The van der Waals surface area contributed by atoms with Gasteiger partial charge in [0.05, 0.1) is 6.04 Å². The number of nitrogens with zero attached hydrogens (tertiary/aromatic N) is 1. The number of rotatable bonds is 4. The minimum Gasteiger partial charge on any atom is -0.324 e. The third kappa shape index (κ3) is 2.14. The van der Waals surface area contributed by atoms with Gasteiger partial charge in [-0.25, -0.2) is 0 Å². The quantitative estimate of drug-likeness (QED) is 0.843. The second kappa shape index (κ2) is 4.49. The standard InChI is InChI=1S/C13H16N2O/c1-10(16)13(14-2)8-11-7-12-5-3-4-6-15(12)9-11/h3-7,9,13-14H,8H2,1-2H3. The number of carbonyl (C=O) groups excluding carboxylic acids is 1. The molecule has 2 aromatic heterocycles. The molecular formula is C13H16N2O. The maximum Gasteiger partial charge on any atom is 0.147 e. The smallest absolute Gasteiger partial charge is 0.147 e. The molecule has 1 unspecified atom stereocenters. The topological polar surface area (TPSA) is 33.5 Å². The fourth-order valence-electron chi connectivity index (χ4n) is 1.91. The van der Waals surface area contributed by atoms with E-state index in [2.05, 4.69) is 28.0 Å². The average molecular weight is 216 g/mol. The van der Waals surface area contributed by atoms with Gasteiger partial charge in [0.2, 0.25) is 0 Å². The highest BCUT2D eigenvalue weighted by molar-refractivity contribution is 5.81. The molecule has 0 bridgehead atoms. The number of nitrogens with one attached hydrogen (secondary N) is 1. The van der Waals surface area contributed by atoms with Crippen LogP contribution in [0, 0.1) is 0 Å². The third-order valence-corrected chi connectivity index (χ3v) is 2.84. The average Bonchev–Trinajstić information content (AvgIpc) is 2.67. The van der Waals surface area contributed by atoms with Gasteiger partial charge in [0, 0.05) is 17.9 Å². The number of ketones is 1. The van der Waals surface area contributed by atoms with Gasteiger partial charge in [-0.2, -0.15) is 0 Å². The summed E-state index contributed by atoms with van der Waals surface area (Å²) in [5.41, 5.74) is 2.34. The summed E-state index contributed by atoms with van der Waals surface area (Å²) in [6.07, 6.45) is 4.83. The lowest BCUT2D eigenvalue weighted by Gasteiger charge is -2.10. The first-order valence-corrected chi connectivity index (χ1v) is 5.44. The molecule has 2 rings (SSSR count). The Morgan fingerprint density at radius 2 is 2.31 bits per heavy atom. The Morgan fingerprint density at radius 3 is 2.94 bits per heavy atom. The van der Waals surface area contributed by atoms with Gasteiger partial charge in [-0.05, 0) is 44.2 Å². The summed E-state index contributed by atoms with van der Waals surface area (Å²) >= 11 is 0. The summed E-state index contributed by atoms with van der Waals surface area (Å²) < 4.78 is 2.07. The zero-order chi connectivity index (χ0) is 11.5. The third-order valence-electron chi connectivity index (χ3n) is 2.84. The van der Waals surface area contributed by atoms with Crippen LogP contribution >= 0.6 is 0 Å². The first kappa shape index (κ1) is 10.9. The van der Waals surface area contributed by atoms with E-state index in [1.165, 1.54) is 5.56 Å². The summed E-state index contributed by atoms with van der Waals surface area (Å²) in [5, 5.41) is 3.04. The van der Waals surface area contributed by atoms with Crippen molar-refractivity contribution in [3.63, 3.8) is 0 Å². The van der Waals surface area contributed by atoms with Crippen molar-refractivity contribution >= 4 is 11.3 Å². The molecule has 3 nitrogen and oxygen atoms in total. The van der Waals surface area contributed by atoms with Crippen LogP contribution in [0.5, 0.6) is 0 Å². The van der Waals surface area contributed by atoms with Crippen LogP contribution in [-0.2, 0) is 11.2 Å². The molecule has 0 aromatic carbocycles. The molecule has 0 amide bonds. The van der Waals surface area contributed by atoms with Gasteiger partial charge < -0.3 is 9.72 Å². The Labute approximate surface area is 95.1 Å². The molecule has 16 heavy (non-hydrogen) atoms. The molecule has 0 aliphatic carbocycles. The zero-order valence-corrected chi connectivity index (χ0v) is 9.60. The Hall–Kier alpha value is -1.61. The Morgan fingerprint density at radius 1 is 1.50 bits per heavy atom. The molecule has 0 aliphatic rings. The number of hydrogen-bond acceptors (Lipinski definition) is 2. The molecule has 2 aromatic rings. The van der Waals surface area contributed by atoms with Crippen molar-refractivity contribution in [1.29, 1.82) is 0 Å². The van der Waals surface area contributed by atoms with E-state index < -0.39 is 0 Å². The van der Waals surface area contributed by atoms with Crippen molar-refractivity contribution < 1.29 is 4.79 Å². The fraction of sp³-hybridized carbons (Fsp3) is 0.308. The van der Waals surface area contributed by atoms with E-state index in [0.717, 1.165) is 11.9 Å². The van der Waals surface area contributed by atoms with Crippen LogP contribution in [0.2, 0.25) is 0 Å². The molecule has 0 aliphatic heterocycles. The zero-order valence-electron chi connectivity index (χ0n) is 9.60. The van der Waals surface area contributed by atoms with Crippen LogP contribution in [0.3, 0.4) is 0 Å². The van der Waals surface area contributed by atoms with Crippen LogP contribution < -0.4 is 5.32 Å². The molecular weight excluding hydrogens is 200 g/mol. The summed E-state index contributed by atoms with van der Waals surface area (Å²) in [4.78, 5) is 11.3. The van der Waals surface area contributed by atoms with E-state index in [-0.39, 0.29) is 11.8 Å². The molecule has 0 saturated heterocycles. The van der Waals surface area contributed by atoms with Gasteiger partial charge in [-0.1, -0.05) is 6.07 Å². The summed E-state index contributed by atoms with van der Waals surface area (Å²) in [5.74, 6) is 0.178. The van der Waals surface area contributed by atoms with Crippen LogP contribution in [0.1, 0.15) is 12.5 Å². The first-order valence-electron chi connectivity index (χ1n) is 5.44. The fourth-order valence-corrected chi connectivity index (χ4v) is 1.91. The summed E-state index contributed by atoms with van der Waals surface area (Å²) in [6.45, 7) is 1.62. The van der Waals surface area contributed by atoms with Gasteiger partial charge in [-0.15, -0.1) is 0 Å². The van der Waals surface area contributed by atoms with Crippen molar-refractivity contribution in [2.45, 2.75) is 19.4 Å². The molecule has 84 valence electrons. The molecule has 0 saturated carbocycles. The van der Waals surface area contributed by atoms with Crippen LogP contribution in [0.15, 0.2) is 36.7 Å². The second-order valence-electron chi connectivity index (χ2n) is 4.04. The Kier molecular flexibility index (Phi) is 3.06. The number of fused-ring (bicyclic) bond motifs is 1. The molecule has 0 spiro atoms. The normalized spacial score (nSPS) is 12.9. The lowest BCUT2D eigenvalue weighted by atomic mass is 10.1. The molecule has 0 fully saturated rings. The van der Waals surface area contributed by atoms with Crippen LogP contribution in [0.4, 0.5) is 0 Å². The van der Waals surface area contributed by atoms with Crippen molar-refractivity contribution in [3.05, 3.63) is 42.2 Å². The lowest BCUT2D eigenvalue weighted by Crippen LogP contribution is -2.34. The predicted octanol–water partition coefficient (Wildman–Crippen LogP) is 1.66. The van der Waals surface area contributed by atoms with Crippen molar-refractivity contribution in [1.82, 2.24) is 9.72 Å². The van der Waals surface area contributed by atoms with E-state index >= 15 is 0 Å².